The molecular formula is C14H26N2O4. The van der Waals surface area contributed by atoms with Crippen LogP contribution in [0.15, 0.2) is 0 Å². The van der Waals surface area contributed by atoms with Crippen LogP contribution >= 0.6 is 0 Å². The quantitative estimate of drug-likeness (QED) is 0.704. The van der Waals surface area contributed by atoms with E-state index in [2.05, 4.69) is 4.90 Å². The molecule has 0 aliphatic carbocycles. The Kier molecular flexibility index (Phi) is 6.72. The minimum atomic E-state index is -0.254. The minimum Gasteiger partial charge on any atom is -0.379 e. The lowest BCUT2D eigenvalue weighted by molar-refractivity contribution is -0.188. The first-order chi connectivity index (χ1) is 9.75. The van der Waals surface area contributed by atoms with Gasteiger partial charge in [-0.2, -0.15) is 0 Å². The van der Waals surface area contributed by atoms with E-state index in [-0.39, 0.29) is 12.2 Å². The van der Waals surface area contributed by atoms with Crippen molar-refractivity contribution in [3.8, 4) is 0 Å². The molecule has 6 nitrogen and oxygen atoms in total. The molecule has 0 bridgehead atoms. The molecule has 2 saturated heterocycles. The van der Waals surface area contributed by atoms with Crippen LogP contribution in [0.5, 0.6) is 0 Å². The number of ether oxygens (including phenoxy) is 3. The van der Waals surface area contributed by atoms with Gasteiger partial charge in [-0.1, -0.05) is 0 Å². The first-order valence-electron chi connectivity index (χ1n) is 7.54. The van der Waals surface area contributed by atoms with E-state index in [1.165, 1.54) is 0 Å². The van der Waals surface area contributed by atoms with E-state index in [1.54, 1.807) is 6.92 Å². The average molecular weight is 286 g/mol. The van der Waals surface area contributed by atoms with E-state index >= 15 is 0 Å². The predicted octanol–water partition coefficient (Wildman–Crippen LogP) is 0.320. The van der Waals surface area contributed by atoms with Gasteiger partial charge in [0.05, 0.1) is 33.0 Å². The zero-order chi connectivity index (χ0) is 14.2. The van der Waals surface area contributed by atoms with Crippen LogP contribution in [0.2, 0.25) is 0 Å². The molecule has 0 aromatic rings. The van der Waals surface area contributed by atoms with Crippen molar-refractivity contribution in [2.24, 2.45) is 0 Å². The third kappa shape index (κ3) is 5.36. The molecule has 2 aliphatic heterocycles. The highest BCUT2D eigenvalue weighted by Gasteiger charge is 2.20. The van der Waals surface area contributed by atoms with Crippen molar-refractivity contribution < 1.29 is 19.0 Å². The van der Waals surface area contributed by atoms with E-state index in [1.807, 2.05) is 4.90 Å². The van der Waals surface area contributed by atoms with Gasteiger partial charge in [-0.3, -0.25) is 9.69 Å². The number of carbonyl (C=O) groups excluding carboxylic acids is 1. The number of nitrogens with zero attached hydrogens (tertiary/aromatic N) is 2. The van der Waals surface area contributed by atoms with Gasteiger partial charge in [-0.25, -0.2) is 0 Å². The number of amides is 1. The van der Waals surface area contributed by atoms with Crippen LogP contribution in [0.25, 0.3) is 0 Å². The first-order valence-corrected chi connectivity index (χ1v) is 7.54. The third-order valence-corrected chi connectivity index (χ3v) is 3.72. The fourth-order valence-electron chi connectivity index (χ4n) is 2.51. The van der Waals surface area contributed by atoms with E-state index in [4.69, 9.17) is 14.2 Å². The lowest BCUT2D eigenvalue weighted by Crippen LogP contribution is -2.42. The summed E-state index contributed by atoms with van der Waals surface area (Å²) in [6.45, 7) is 9.00. The van der Waals surface area contributed by atoms with Gasteiger partial charge < -0.3 is 19.1 Å². The number of rotatable bonds is 6. The molecule has 2 rings (SSSR count). The molecule has 116 valence electrons. The van der Waals surface area contributed by atoms with Crippen molar-refractivity contribution in [3.63, 3.8) is 0 Å². The number of morpholine rings is 1. The van der Waals surface area contributed by atoms with Crippen LogP contribution < -0.4 is 0 Å². The Morgan fingerprint density at radius 3 is 2.55 bits per heavy atom. The summed E-state index contributed by atoms with van der Waals surface area (Å²) in [6.07, 6.45) is 1.66. The largest absolute Gasteiger partial charge is 0.379 e. The van der Waals surface area contributed by atoms with Gasteiger partial charge >= 0.3 is 0 Å². The molecule has 2 aliphatic rings. The van der Waals surface area contributed by atoms with E-state index in [0.717, 1.165) is 65.4 Å². The van der Waals surface area contributed by atoms with Crippen molar-refractivity contribution in [1.29, 1.82) is 0 Å². The minimum absolute atomic E-state index is 0.0877. The Morgan fingerprint density at radius 2 is 1.90 bits per heavy atom. The number of hydrogen-bond acceptors (Lipinski definition) is 5. The second-order valence-electron chi connectivity index (χ2n) is 5.30. The Balaban J connectivity index is 1.67. The Morgan fingerprint density at radius 1 is 1.20 bits per heavy atom. The van der Waals surface area contributed by atoms with Gasteiger partial charge in [0.15, 0.2) is 6.29 Å². The monoisotopic (exact) mass is 286 g/mol. The van der Waals surface area contributed by atoms with Crippen LogP contribution in [0.3, 0.4) is 0 Å². The maximum Gasteiger partial charge on any atom is 0.219 e. The van der Waals surface area contributed by atoms with Gasteiger partial charge in [-0.15, -0.1) is 0 Å². The van der Waals surface area contributed by atoms with Crippen LogP contribution in [-0.4, -0.2) is 81.1 Å². The predicted molar refractivity (Wildman–Crippen MR) is 74.4 cm³/mol. The summed E-state index contributed by atoms with van der Waals surface area (Å²) < 4.78 is 16.4. The molecule has 0 N–H and O–H groups in total. The van der Waals surface area contributed by atoms with Gasteiger partial charge in [0.1, 0.15) is 0 Å². The molecule has 0 spiro atoms. The van der Waals surface area contributed by atoms with Crippen LogP contribution in [0.4, 0.5) is 0 Å². The fraction of sp³-hybridized carbons (Fsp3) is 0.929. The standard InChI is InChI=1S/C14H26N2O4/c1-13(17)16(12-14-19-8-3-9-20-14)5-2-4-15-6-10-18-11-7-15/h14H,2-12H2,1H3. The van der Waals surface area contributed by atoms with Gasteiger partial charge in [0.2, 0.25) is 5.91 Å². The van der Waals surface area contributed by atoms with Crippen molar-refractivity contribution >= 4 is 5.91 Å². The summed E-state index contributed by atoms with van der Waals surface area (Å²) in [4.78, 5) is 15.9. The molecule has 0 unspecified atom stereocenters. The van der Waals surface area contributed by atoms with Crippen LogP contribution in [-0.2, 0) is 19.0 Å². The first kappa shape index (κ1) is 15.7. The normalized spacial score (nSPS) is 21.9. The lowest BCUT2D eigenvalue weighted by Gasteiger charge is -2.31. The van der Waals surface area contributed by atoms with Gasteiger partial charge in [-0.05, 0) is 12.8 Å². The summed E-state index contributed by atoms with van der Waals surface area (Å²) in [5.74, 6) is 0.0877. The molecule has 0 atom stereocenters. The Labute approximate surface area is 120 Å². The zero-order valence-corrected chi connectivity index (χ0v) is 12.4. The molecule has 20 heavy (non-hydrogen) atoms. The highest BCUT2D eigenvalue weighted by molar-refractivity contribution is 5.73. The number of hydrogen-bond donors (Lipinski definition) is 0. The third-order valence-electron chi connectivity index (χ3n) is 3.72. The second-order valence-corrected chi connectivity index (χ2v) is 5.30. The highest BCUT2D eigenvalue weighted by Crippen LogP contribution is 2.08. The van der Waals surface area contributed by atoms with E-state index in [0.29, 0.717) is 6.54 Å². The zero-order valence-electron chi connectivity index (χ0n) is 12.4. The molecule has 0 aromatic heterocycles. The summed E-state index contributed by atoms with van der Waals surface area (Å²) >= 11 is 0. The smallest absolute Gasteiger partial charge is 0.219 e. The summed E-state index contributed by atoms with van der Waals surface area (Å²) in [7, 11) is 0. The van der Waals surface area contributed by atoms with E-state index in [9.17, 15) is 4.79 Å². The highest BCUT2D eigenvalue weighted by atomic mass is 16.7. The maximum atomic E-state index is 11.7. The summed E-state index contributed by atoms with van der Waals surface area (Å²) in [5.41, 5.74) is 0. The number of carbonyl (C=O) groups is 1. The second kappa shape index (κ2) is 8.56. The average Bonchev–Trinajstić information content (AvgIpc) is 2.48. The Hall–Kier alpha value is -0.690. The summed E-state index contributed by atoms with van der Waals surface area (Å²) in [5, 5.41) is 0. The van der Waals surface area contributed by atoms with Crippen molar-refractivity contribution in [2.45, 2.75) is 26.1 Å². The lowest BCUT2D eigenvalue weighted by atomic mass is 10.3. The molecule has 1 amide bonds. The molecule has 2 heterocycles. The molecule has 6 heteroatoms. The molecular weight excluding hydrogens is 260 g/mol. The van der Waals surface area contributed by atoms with E-state index < -0.39 is 0 Å². The fourth-order valence-corrected chi connectivity index (χ4v) is 2.51. The summed E-state index contributed by atoms with van der Waals surface area (Å²) in [6, 6.07) is 0. The van der Waals surface area contributed by atoms with Crippen LogP contribution in [0.1, 0.15) is 19.8 Å². The Bertz CT molecular complexity index is 289. The van der Waals surface area contributed by atoms with Crippen molar-refractivity contribution in [1.82, 2.24) is 9.80 Å². The topological polar surface area (TPSA) is 51.2 Å². The molecule has 2 fully saturated rings. The maximum absolute atomic E-state index is 11.7. The van der Waals surface area contributed by atoms with Crippen molar-refractivity contribution in [2.75, 3.05) is 59.2 Å². The molecule has 0 saturated carbocycles. The van der Waals surface area contributed by atoms with Gasteiger partial charge in [0, 0.05) is 33.1 Å². The SMILES string of the molecule is CC(=O)N(CCCN1CCOCC1)CC1OCCCO1. The van der Waals surface area contributed by atoms with Gasteiger partial charge in [0.25, 0.3) is 0 Å². The van der Waals surface area contributed by atoms with Crippen LogP contribution in [0, 0.1) is 0 Å². The van der Waals surface area contributed by atoms with Crippen molar-refractivity contribution in [3.05, 3.63) is 0 Å². The molecule has 0 aromatic carbocycles. The molecule has 0 radical (unpaired) electrons.